The zero-order valence-electron chi connectivity index (χ0n) is 20.2. The minimum Gasteiger partial charge on any atom is -0.444 e. The molecule has 0 aromatic carbocycles. The summed E-state index contributed by atoms with van der Waals surface area (Å²) in [6.07, 6.45) is 6.98. The third-order valence-electron chi connectivity index (χ3n) is 6.35. The molecule has 7 nitrogen and oxygen atoms in total. The smallest absolute Gasteiger partial charge is 0.410 e. The van der Waals surface area contributed by atoms with Gasteiger partial charge in [-0.25, -0.2) is 4.79 Å². The molecule has 1 aliphatic heterocycles. The number of ether oxygens (including phenoxy) is 1. The first-order valence-corrected chi connectivity index (χ1v) is 12.0. The van der Waals surface area contributed by atoms with Crippen LogP contribution in [0.1, 0.15) is 66.2 Å². The lowest BCUT2D eigenvalue weighted by Gasteiger charge is -2.40. The zero-order valence-corrected chi connectivity index (χ0v) is 22.6. The van der Waals surface area contributed by atoms with Crippen LogP contribution < -0.4 is 5.32 Å². The van der Waals surface area contributed by atoms with Gasteiger partial charge in [0.15, 0.2) is 5.96 Å². The molecule has 1 N–H and O–H groups in total. The van der Waals surface area contributed by atoms with Crippen LogP contribution >= 0.6 is 24.0 Å². The average molecular weight is 550 g/mol. The first-order chi connectivity index (χ1) is 14.3. The maximum atomic E-state index is 12.8. The number of likely N-dealkylation sites (tertiary alicyclic amines) is 1. The minimum absolute atomic E-state index is 0. The molecule has 0 unspecified atom stereocenters. The molecule has 0 bridgehead atoms. The first-order valence-electron chi connectivity index (χ1n) is 12.0. The van der Waals surface area contributed by atoms with Gasteiger partial charge in [-0.2, -0.15) is 0 Å². The van der Waals surface area contributed by atoms with Crippen LogP contribution in [0.3, 0.4) is 0 Å². The average Bonchev–Trinajstić information content (AvgIpc) is 3.60. The van der Waals surface area contributed by atoms with E-state index in [-0.39, 0.29) is 36.1 Å². The van der Waals surface area contributed by atoms with Crippen LogP contribution in [0.15, 0.2) is 4.99 Å². The molecular formula is C23H44IN5O2. The predicted octanol–water partition coefficient (Wildman–Crippen LogP) is 3.78. The Morgan fingerprint density at radius 1 is 1.10 bits per heavy atom. The van der Waals surface area contributed by atoms with E-state index in [0.717, 1.165) is 64.1 Å². The van der Waals surface area contributed by atoms with Gasteiger partial charge in [-0.05, 0) is 71.8 Å². The third-order valence-corrected chi connectivity index (χ3v) is 6.35. The molecule has 3 aliphatic rings. The molecule has 1 heterocycles. The maximum Gasteiger partial charge on any atom is 0.410 e. The number of amides is 1. The summed E-state index contributed by atoms with van der Waals surface area (Å²) >= 11 is 0. The fraction of sp³-hybridized carbons (Fsp3) is 0.913. The molecule has 1 amide bonds. The Bertz CT molecular complexity index is 593. The number of hydrogen-bond acceptors (Lipinski definition) is 4. The number of hydrogen-bond donors (Lipinski definition) is 1. The van der Waals surface area contributed by atoms with E-state index in [1.165, 1.54) is 25.7 Å². The van der Waals surface area contributed by atoms with Gasteiger partial charge in [-0.1, -0.05) is 6.92 Å². The highest BCUT2D eigenvalue weighted by atomic mass is 127. The van der Waals surface area contributed by atoms with Crippen LogP contribution in [-0.2, 0) is 4.74 Å². The summed E-state index contributed by atoms with van der Waals surface area (Å²) in [5.41, 5.74) is -0.446. The number of nitrogens with one attached hydrogen (secondary N) is 1. The van der Waals surface area contributed by atoms with Gasteiger partial charge in [0.25, 0.3) is 0 Å². The van der Waals surface area contributed by atoms with Gasteiger partial charge in [0.1, 0.15) is 5.60 Å². The molecular weight excluding hydrogens is 505 g/mol. The standard InChI is InChI=1S/C23H43N5O2.HI/c1-6-26(19-9-10-19)16-13-25-21(24-5)27-14-11-20(12-15-27)28(17-18-7-8-18)22(29)30-23(2,3)4;/h18-20H,6-17H2,1-5H3,(H,24,25);1H. The van der Waals surface area contributed by atoms with Crippen molar-refractivity contribution >= 4 is 36.0 Å². The van der Waals surface area contributed by atoms with Crippen molar-refractivity contribution in [1.29, 1.82) is 0 Å². The number of guanidine groups is 1. The van der Waals surface area contributed by atoms with Gasteiger partial charge in [-0.15, -0.1) is 24.0 Å². The number of piperidine rings is 1. The number of nitrogens with zero attached hydrogens (tertiary/aromatic N) is 4. The molecule has 1 saturated heterocycles. The summed E-state index contributed by atoms with van der Waals surface area (Å²) in [6, 6.07) is 1.07. The fourth-order valence-corrected chi connectivity index (χ4v) is 4.34. The van der Waals surface area contributed by atoms with Crippen LogP contribution in [0.2, 0.25) is 0 Å². The molecule has 2 saturated carbocycles. The van der Waals surface area contributed by atoms with Crippen molar-refractivity contribution in [3.63, 3.8) is 0 Å². The Balaban J connectivity index is 0.00000341. The van der Waals surface area contributed by atoms with Crippen molar-refractivity contribution in [3.8, 4) is 0 Å². The van der Waals surface area contributed by atoms with Crippen molar-refractivity contribution in [2.24, 2.45) is 10.9 Å². The topological polar surface area (TPSA) is 60.4 Å². The maximum absolute atomic E-state index is 12.8. The van der Waals surface area contributed by atoms with Gasteiger partial charge in [0.2, 0.25) is 0 Å². The molecule has 180 valence electrons. The lowest BCUT2D eigenvalue weighted by molar-refractivity contribution is 0.00928. The second kappa shape index (κ2) is 11.9. The van der Waals surface area contributed by atoms with Crippen molar-refractivity contribution in [2.75, 3.05) is 46.3 Å². The van der Waals surface area contributed by atoms with Gasteiger partial charge in [0.05, 0.1) is 0 Å². The van der Waals surface area contributed by atoms with Gasteiger partial charge in [-0.3, -0.25) is 9.89 Å². The second-order valence-corrected chi connectivity index (χ2v) is 10.1. The second-order valence-electron chi connectivity index (χ2n) is 10.1. The monoisotopic (exact) mass is 549 g/mol. The molecule has 3 fully saturated rings. The van der Waals surface area contributed by atoms with E-state index in [4.69, 9.17) is 4.74 Å². The van der Waals surface area contributed by atoms with Gasteiger partial charge in [0, 0.05) is 51.9 Å². The van der Waals surface area contributed by atoms with Crippen LogP contribution in [0, 0.1) is 5.92 Å². The molecule has 3 rings (SSSR count). The van der Waals surface area contributed by atoms with E-state index in [2.05, 4.69) is 27.0 Å². The van der Waals surface area contributed by atoms with Crippen molar-refractivity contribution < 1.29 is 9.53 Å². The number of rotatable bonds is 8. The normalized spacial score (nSPS) is 20.5. The third kappa shape index (κ3) is 8.59. The summed E-state index contributed by atoms with van der Waals surface area (Å²) in [6.45, 7) is 13.9. The highest BCUT2D eigenvalue weighted by molar-refractivity contribution is 14.0. The largest absolute Gasteiger partial charge is 0.444 e. The van der Waals surface area contributed by atoms with Crippen LogP contribution in [0.25, 0.3) is 0 Å². The fourth-order valence-electron chi connectivity index (χ4n) is 4.34. The Morgan fingerprint density at radius 2 is 1.74 bits per heavy atom. The number of aliphatic imine (C=N–C) groups is 1. The lowest BCUT2D eigenvalue weighted by atomic mass is 10.0. The lowest BCUT2D eigenvalue weighted by Crippen LogP contribution is -2.53. The minimum atomic E-state index is -0.446. The van der Waals surface area contributed by atoms with E-state index >= 15 is 0 Å². The molecule has 0 aromatic rings. The highest BCUT2D eigenvalue weighted by Crippen LogP contribution is 2.32. The molecule has 31 heavy (non-hydrogen) atoms. The Labute approximate surface area is 206 Å². The summed E-state index contributed by atoms with van der Waals surface area (Å²) in [5, 5.41) is 3.56. The van der Waals surface area contributed by atoms with Crippen LogP contribution in [-0.4, -0.2) is 90.8 Å². The van der Waals surface area contributed by atoms with Crippen molar-refractivity contribution in [3.05, 3.63) is 0 Å². The number of carbonyl (C=O) groups is 1. The van der Waals surface area contributed by atoms with E-state index in [1.807, 2.05) is 32.7 Å². The Hall–Kier alpha value is -0.770. The van der Waals surface area contributed by atoms with E-state index < -0.39 is 5.60 Å². The van der Waals surface area contributed by atoms with Gasteiger partial charge >= 0.3 is 6.09 Å². The summed E-state index contributed by atoms with van der Waals surface area (Å²) < 4.78 is 5.72. The van der Waals surface area contributed by atoms with Gasteiger partial charge < -0.3 is 19.9 Å². The van der Waals surface area contributed by atoms with Crippen LogP contribution in [0.5, 0.6) is 0 Å². The Kier molecular flexibility index (Phi) is 10.2. The summed E-state index contributed by atoms with van der Waals surface area (Å²) in [5.74, 6) is 1.66. The summed E-state index contributed by atoms with van der Waals surface area (Å²) in [4.78, 5) is 24.3. The number of likely N-dealkylation sites (N-methyl/N-ethyl adjacent to an activating group) is 1. The van der Waals surface area contributed by atoms with Crippen molar-refractivity contribution in [2.45, 2.75) is 83.9 Å². The number of carbonyl (C=O) groups excluding carboxylic acids is 1. The SMILES string of the molecule is CCN(CCNC(=NC)N1CCC(N(CC2CC2)C(=O)OC(C)(C)C)CC1)C1CC1.I. The summed E-state index contributed by atoms with van der Waals surface area (Å²) in [7, 11) is 1.87. The van der Waals surface area contributed by atoms with Crippen LogP contribution in [0.4, 0.5) is 4.79 Å². The highest BCUT2D eigenvalue weighted by Gasteiger charge is 2.35. The molecule has 0 aromatic heterocycles. The van der Waals surface area contributed by atoms with E-state index in [9.17, 15) is 4.79 Å². The molecule has 0 spiro atoms. The molecule has 0 radical (unpaired) electrons. The first kappa shape index (κ1) is 26.5. The van der Waals surface area contributed by atoms with E-state index in [0.29, 0.717) is 5.92 Å². The van der Waals surface area contributed by atoms with Crippen molar-refractivity contribution in [1.82, 2.24) is 20.0 Å². The quantitative estimate of drug-likeness (QED) is 0.284. The predicted molar refractivity (Wildman–Crippen MR) is 137 cm³/mol. The Morgan fingerprint density at radius 3 is 2.23 bits per heavy atom. The van der Waals surface area contributed by atoms with E-state index in [1.54, 1.807) is 0 Å². The molecule has 2 aliphatic carbocycles. The molecule has 0 atom stereocenters. The zero-order chi connectivity index (χ0) is 21.7. The molecule has 8 heteroatoms. The number of halogens is 1.